The van der Waals surface area contributed by atoms with Crippen LogP contribution < -0.4 is 10.1 Å². The zero-order valence-electron chi connectivity index (χ0n) is 11.6. The molecule has 21 heavy (non-hydrogen) atoms. The highest BCUT2D eigenvalue weighted by molar-refractivity contribution is 5.85. The zero-order valence-corrected chi connectivity index (χ0v) is 12.4. The molecule has 0 spiro atoms. The molecule has 0 radical (unpaired) electrons. The van der Waals surface area contributed by atoms with Crippen LogP contribution in [0.2, 0.25) is 0 Å². The Hall–Kier alpha value is -2.27. The molecule has 0 fully saturated rings. The van der Waals surface area contributed by atoms with Crippen molar-refractivity contribution in [3.8, 4) is 5.75 Å². The molecule has 0 unspecified atom stereocenters. The number of nitro groups is 1. The summed E-state index contributed by atoms with van der Waals surface area (Å²) in [6.07, 6.45) is 0.600. The van der Waals surface area contributed by atoms with Crippen LogP contribution in [0.3, 0.4) is 0 Å². The molecule has 0 aromatic heterocycles. The van der Waals surface area contributed by atoms with Gasteiger partial charge in [-0.15, -0.1) is 12.4 Å². The van der Waals surface area contributed by atoms with E-state index in [1.54, 1.807) is 19.2 Å². The molecular formula is C15H17ClN2O3. The molecule has 0 aliphatic carbocycles. The zero-order chi connectivity index (χ0) is 14.4. The Balaban J connectivity index is 0.00000220. The van der Waals surface area contributed by atoms with Crippen LogP contribution in [0.4, 0.5) is 11.4 Å². The van der Waals surface area contributed by atoms with Gasteiger partial charge < -0.3 is 10.1 Å². The van der Waals surface area contributed by atoms with Crippen molar-refractivity contribution in [2.24, 2.45) is 0 Å². The van der Waals surface area contributed by atoms with Crippen LogP contribution in [0.15, 0.2) is 48.5 Å². The molecule has 0 saturated carbocycles. The Morgan fingerprint density at radius 3 is 2.43 bits per heavy atom. The van der Waals surface area contributed by atoms with Crippen LogP contribution in [0.1, 0.15) is 5.56 Å². The Bertz CT molecular complexity index is 588. The smallest absolute Gasteiger partial charge is 0.272 e. The van der Waals surface area contributed by atoms with E-state index in [1.165, 1.54) is 6.07 Å². The van der Waals surface area contributed by atoms with Crippen molar-refractivity contribution in [1.82, 2.24) is 0 Å². The number of nitrogens with zero attached hydrogens (tertiary/aromatic N) is 1. The lowest BCUT2D eigenvalue weighted by molar-refractivity contribution is -0.385. The molecule has 0 atom stereocenters. The topological polar surface area (TPSA) is 64.4 Å². The predicted octanol–water partition coefficient (Wildman–Crippen LogP) is 3.68. The molecule has 0 aliphatic heterocycles. The first-order valence-corrected chi connectivity index (χ1v) is 6.31. The van der Waals surface area contributed by atoms with Gasteiger partial charge in [0, 0.05) is 23.9 Å². The Morgan fingerprint density at radius 1 is 1.14 bits per heavy atom. The van der Waals surface area contributed by atoms with E-state index in [0.29, 0.717) is 13.0 Å². The fraction of sp³-hybridized carbons (Fsp3) is 0.200. The first kappa shape index (κ1) is 16.8. The number of benzene rings is 2. The van der Waals surface area contributed by atoms with E-state index in [2.05, 4.69) is 5.32 Å². The summed E-state index contributed by atoms with van der Waals surface area (Å²) >= 11 is 0. The fourth-order valence-corrected chi connectivity index (χ4v) is 1.95. The lowest BCUT2D eigenvalue weighted by Crippen LogP contribution is -2.06. The molecule has 0 heterocycles. The number of halogens is 1. The van der Waals surface area contributed by atoms with Crippen molar-refractivity contribution in [2.75, 3.05) is 19.0 Å². The second kappa shape index (κ2) is 8.11. The van der Waals surface area contributed by atoms with E-state index in [0.717, 1.165) is 17.0 Å². The van der Waals surface area contributed by atoms with E-state index in [-0.39, 0.29) is 23.0 Å². The second-order valence-electron chi connectivity index (χ2n) is 4.29. The van der Waals surface area contributed by atoms with Crippen molar-refractivity contribution < 1.29 is 9.66 Å². The van der Waals surface area contributed by atoms with E-state index < -0.39 is 0 Å². The summed E-state index contributed by atoms with van der Waals surface area (Å²) in [5, 5.41) is 14.1. The standard InChI is InChI=1S/C15H16N2O3.ClH/c1-20-14-8-6-13(7-9-14)16-11-10-12-4-2-3-5-15(12)17(18)19;/h2-9,16H,10-11H2,1H3;1H. The summed E-state index contributed by atoms with van der Waals surface area (Å²) in [4.78, 5) is 10.6. The van der Waals surface area contributed by atoms with E-state index in [4.69, 9.17) is 4.74 Å². The van der Waals surface area contributed by atoms with Gasteiger partial charge in [-0.3, -0.25) is 10.1 Å². The molecule has 0 amide bonds. The number of rotatable bonds is 6. The van der Waals surface area contributed by atoms with Gasteiger partial charge in [0.25, 0.3) is 5.69 Å². The van der Waals surface area contributed by atoms with Crippen LogP contribution in [-0.4, -0.2) is 18.6 Å². The Morgan fingerprint density at radius 2 is 1.81 bits per heavy atom. The summed E-state index contributed by atoms with van der Waals surface area (Å²) in [5.74, 6) is 0.800. The number of nitro benzene ring substituents is 1. The summed E-state index contributed by atoms with van der Waals surface area (Å²) < 4.78 is 5.08. The average molecular weight is 309 g/mol. The maximum atomic E-state index is 10.9. The lowest BCUT2D eigenvalue weighted by Gasteiger charge is -2.07. The maximum absolute atomic E-state index is 10.9. The van der Waals surface area contributed by atoms with Crippen LogP contribution in [0.5, 0.6) is 5.75 Å². The van der Waals surface area contributed by atoms with Crippen LogP contribution in [-0.2, 0) is 6.42 Å². The van der Waals surface area contributed by atoms with Crippen molar-refractivity contribution in [3.63, 3.8) is 0 Å². The van der Waals surface area contributed by atoms with E-state index in [9.17, 15) is 10.1 Å². The van der Waals surface area contributed by atoms with Crippen LogP contribution in [0, 0.1) is 10.1 Å². The number of methoxy groups -OCH3 is 1. The molecule has 2 aromatic carbocycles. The normalized spacial score (nSPS) is 9.57. The van der Waals surface area contributed by atoms with Gasteiger partial charge in [0.15, 0.2) is 0 Å². The highest BCUT2D eigenvalue weighted by Gasteiger charge is 2.11. The third kappa shape index (κ3) is 4.65. The Labute approximate surface area is 129 Å². The van der Waals surface area contributed by atoms with Gasteiger partial charge in [-0.05, 0) is 30.7 Å². The van der Waals surface area contributed by atoms with Crippen molar-refractivity contribution >= 4 is 23.8 Å². The minimum absolute atomic E-state index is 0. The van der Waals surface area contributed by atoms with E-state index >= 15 is 0 Å². The lowest BCUT2D eigenvalue weighted by atomic mass is 10.1. The summed E-state index contributed by atoms with van der Waals surface area (Å²) in [5.41, 5.74) is 1.87. The molecule has 0 aliphatic rings. The third-order valence-electron chi connectivity index (χ3n) is 3.00. The van der Waals surface area contributed by atoms with Crippen molar-refractivity contribution in [2.45, 2.75) is 6.42 Å². The van der Waals surface area contributed by atoms with Crippen LogP contribution >= 0.6 is 12.4 Å². The number of anilines is 1. The van der Waals surface area contributed by atoms with Gasteiger partial charge in [-0.2, -0.15) is 0 Å². The summed E-state index contributed by atoms with van der Waals surface area (Å²) in [7, 11) is 1.62. The van der Waals surface area contributed by atoms with Gasteiger partial charge in [0.1, 0.15) is 5.75 Å². The maximum Gasteiger partial charge on any atom is 0.272 e. The van der Waals surface area contributed by atoms with E-state index in [1.807, 2.05) is 30.3 Å². The number of ether oxygens (including phenoxy) is 1. The predicted molar refractivity (Wildman–Crippen MR) is 85.5 cm³/mol. The van der Waals surface area contributed by atoms with Gasteiger partial charge in [-0.25, -0.2) is 0 Å². The summed E-state index contributed by atoms with van der Waals surface area (Å²) in [6, 6.07) is 14.4. The molecule has 6 heteroatoms. The van der Waals surface area contributed by atoms with Gasteiger partial charge >= 0.3 is 0 Å². The number of hydrogen-bond donors (Lipinski definition) is 1. The number of hydrogen-bond acceptors (Lipinski definition) is 4. The molecular weight excluding hydrogens is 292 g/mol. The van der Waals surface area contributed by atoms with Crippen molar-refractivity contribution in [1.29, 1.82) is 0 Å². The molecule has 1 N–H and O–H groups in total. The second-order valence-corrected chi connectivity index (χ2v) is 4.29. The molecule has 112 valence electrons. The van der Waals surface area contributed by atoms with Crippen LogP contribution in [0.25, 0.3) is 0 Å². The van der Waals surface area contributed by atoms with Crippen molar-refractivity contribution in [3.05, 3.63) is 64.2 Å². The number of nitrogens with one attached hydrogen (secondary N) is 1. The monoisotopic (exact) mass is 308 g/mol. The minimum Gasteiger partial charge on any atom is -0.497 e. The molecule has 2 rings (SSSR count). The van der Waals surface area contributed by atoms with Gasteiger partial charge in [0.05, 0.1) is 12.0 Å². The molecule has 0 saturated heterocycles. The average Bonchev–Trinajstić information content (AvgIpc) is 2.48. The molecule has 0 bridgehead atoms. The highest BCUT2D eigenvalue weighted by Crippen LogP contribution is 2.19. The van der Waals surface area contributed by atoms with Gasteiger partial charge in [-0.1, -0.05) is 18.2 Å². The number of para-hydroxylation sites is 1. The quantitative estimate of drug-likeness (QED) is 0.653. The highest BCUT2D eigenvalue weighted by atomic mass is 35.5. The third-order valence-corrected chi connectivity index (χ3v) is 3.00. The molecule has 2 aromatic rings. The fourth-order valence-electron chi connectivity index (χ4n) is 1.95. The molecule has 5 nitrogen and oxygen atoms in total. The summed E-state index contributed by atoms with van der Waals surface area (Å²) in [6.45, 7) is 0.636. The largest absolute Gasteiger partial charge is 0.497 e. The Kier molecular flexibility index (Phi) is 6.49. The first-order valence-electron chi connectivity index (χ1n) is 6.31. The van der Waals surface area contributed by atoms with Gasteiger partial charge in [0.2, 0.25) is 0 Å². The first-order chi connectivity index (χ1) is 9.70. The minimum atomic E-state index is -0.345. The SMILES string of the molecule is COc1ccc(NCCc2ccccc2[N+](=O)[O-])cc1.Cl.